The molecule has 158 valence electrons. The van der Waals surface area contributed by atoms with Crippen LogP contribution in [0.5, 0.6) is 0 Å². The third-order valence-electron chi connectivity index (χ3n) is 4.69. The number of halogens is 1. The van der Waals surface area contributed by atoms with Crippen molar-refractivity contribution in [2.75, 3.05) is 12.8 Å². The van der Waals surface area contributed by atoms with Gasteiger partial charge in [0.15, 0.2) is 11.0 Å². The van der Waals surface area contributed by atoms with E-state index in [9.17, 15) is 9.18 Å². The highest BCUT2D eigenvalue weighted by atomic mass is 32.2. The Hall–Kier alpha value is -3.39. The predicted octanol–water partition coefficient (Wildman–Crippen LogP) is 4.73. The molecule has 6 nitrogen and oxygen atoms in total. The van der Waals surface area contributed by atoms with Gasteiger partial charge in [0, 0.05) is 18.3 Å². The lowest BCUT2D eigenvalue weighted by Gasteiger charge is -2.15. The molecule has 2 aromatic heterocycles. The van der Waals surface area contributed by atoms with E-state index in [4.69, 9.17) is 4.42 Å². The van der Waals surface area contributed by atoms with Crippen molar-refractivity contribution in [3.8, 4) is 17.1 Å². The molecule has 8 heteroatoms. The summed E-state index contributed by atoms with van der Waals surface area (Å²) in [6.45, 7) is 2.27. The second-order valence-electron chi connectivity index (χ2n) is 7.03. The molecule has 2 aromatic carbocycles. The second kappa shape index (κ2) is 9.18. The summed E-state index contributed by atoms with van der Waals surface area (Å²) in [7, 11) is 1.74. The van der Waals surface area contributed by atoms with E-state index in [-0.39, 0.29) is 17.5 Å². The minimum absolute atomic E-state index is 0.0509. The molecule has 0 bridgehead atoms. The number of aromatic nitrogens is 3. The number of carbonyl (C=O) groups is 1. The first kappa shape index (κ1) is 20.9. The number of amides is 1. The van der Waals surface area contributed by atoms with Crippen molar-refractivity contribution in [3.63, 3.8) is 0 Å². The first-order chi connectivity index (χ1) is 15.0. The van der Waals surface area contributed by atoms with Crippen LogP contribution >= 0.6 is 11.8 Å². The molecule has 0 aliphatic carbocycles. The summed E-state index contributed by atoms with van der Waals surface area (Å²) >= 11 is 1.31. The van der Waals surface area contributed by atoms with Crippen molar-refractivity contribution in [1.82, 2.24) is 19.7 Å². The average Bonchev–Trinajstić information content (AvgIpc) is 3.39. The fraction of sp³-hybridized carbons (Fsp3) is 0.174. The van der Waals surface area contributed by atoms with Gasteiger partial charge in [-0.25, -0.2) is 4.39 Å². The standard InChI is InChI=1S/C23H21FN4O2S/c1-16-8-13-20(30-16)14-27(2)21(29)15-31-23-26-25-22(17-9-11-18(24)12-10-17)28(23)19-6-4-3-5-7-19/h3-13H,14-15H2,1-2H3. The van der Waals surface area contributed by atoms with Crippen LogP contribution in [0.3, 0.4) is 0 Å². The number of hydrogen-bond acceptors (Lipinski definition) is 5. The molecule has 0 atom stereocenters. The number of carbonyl (C=O) groups excluding carboxylic acids is 1. The molecule has 1 amide bonds. The predicted molar refractivity (Wildman–Crippen MR) is 117 cm³/mol. The molecule has 0 saturated carbocycles. The lowest BCUT2D eigenvalue weighted by atomic mass is 10.2. The van der Waals surface area contributed by atoms with E-state index in [2.05, 4.69) is 10.2 Å². The molecule has 0 saturated heterocycles. The number of aryl methyl sites for hydroxylation is 1. The summed E-state index contributed by atoms with van der Waals surface area (Å²) in [6, 6.07) is 19.5. The minimum Gasteiger partial charge on any atom is -0.464 e. The fourth-order valence-electron chi connectivity index (χ4n) is 3.09. The van der Waals surface area contributed by atoms with Crippen molar-refractivity contribution in [2.45, 2.75) is 18.6 Å². The van der Waals surface area contributed by atoms with Crippen molar-refractivity contribution >= 4 is 17.7 Å². The largest absolute Gasteiger partial charge is 0.464 e. The molecule has 2 heterocycles. The summed E-state index contributed by atoms with van der Waals surface area (Å²) in [4.78, 5) is 14.3. The van der Waals surface area contributed by atoms with Gasteiger partial charge in [-0.1, -0.05) is 30.0 Å². The number of para-hydroxylation sites is 1. The zero-order chi connectivity index (χ0) is 21.8. The van der Waals surface area contributed by atoms with Gasteiger partial charge < -0.3 is 9.32 Å². The van der Waals surface area contributed by atoms with E-state index in [1.807, 2.05) is 54.0 Å². The van der Waals surface area contributed by atoms with Crippen LogP contribution < -0.4 is 0 Å². The molecular formula is C23H21FN4O2S. The van der Waals surface area contributed by atoms with Crippen LogP contribution in [0.25, 0.3) is 17.1 Å². The summed E-state index contributed by atoms with van der Waals surface area (Å²) in [6.07, 6.45) is 0. The Morgan fingerprint density at radius 2 is 1.81 bits per heavy atom. The van der Waals surface area contributed by atoms with Crippen LogP contribution in [0.15, 0.2) is 76.3 Å². The van der Waals surface area contributed by atoms with Crippen LogP contribution in [0.1, 0.15) is 11.5 Å². The van der Waals surface area contributed by atoms with Gasteiger partial charge >= 0.3 is 0 Å². The van der Waals surface area contributed by atoms with E-state index in [0.717, 1.165) is 22.8 Å². The molecule has 31 heavy (non-hydrogen) atoms. The summed E-state index contributed by atoms with van der Waals surface area (Å²) in [5.74, 6) is 1.97. The molecule has 0 N–H and O–H groups in total. The third kappa shape index (κ3) is 4.86. The Morgan fingerprint density at radius 3 is 2.48 bits per heavy atom. The Morgan fingerprint density at radius 1 is 1.06 bits per heavy atom. The van der Waals surface area contributed by atoms with Crippen molar-refractivity contribution in [3.05, 3.63) is 84.1 Å². The first-order valence-electron chi connectivity index (χ1n) is 9.70. The highest BCUT2D eigenvalue weighted by molar-refractivity contribution is 7.99. The van der Waals surface area contributed by atoms with Crippen LogP contribution in [0, 0.1) is 12.7 Å². The molecular weight excluding hydrogens is 415 g/mol. The third-order valence-corrected chi connectivity index (χ3v) is 5.60. The first-order valence-corrected chi connectivity index (χ1v) is 10.7. The van der Waals surface area contributed by atoms with E-state index >= 15 is 0 Å². The van der Waals surface area contributed by atoms with E-state index in [1.165, 1.54) is 23.9 Å². The Kier molecular flexibility index (Phi) is 6.18. The molecule has 0 unspecified atom stereocenters. The molecule has 0 aliphatic rings. The van der Waals surface area contributed by atoms with Crippen LogP contribution in [0.2, 0.25) is 0 Å². The van der Waals surface area contributed by atoms with Gasteiger partial charge in [-0.3, -0.25) is 9.36 Å². The van der Waals surface area contributed by atoms with Gasteiger partial charge in [0.2, 0.25) is 5.91 Å². The number of nitrogens with zero attached hydrogens (tertiary/aromatic N) is 4. The van der Waals surface area contributed by atoms with Gasteiger partial charge in [-0.2, -0.15) is 0 Å². The molecule has 4 aromatic rings. The van der Waals surface area contributed by atoms with Gasteiger partial charge in [-0.15, -0.1) is 10.2 Å². The molecule has 0 radical (unpaired) electrons. The SMILES string of the molecule is Cc1ccc(CN(C)C(=O)CSc2nnc(-c3ccc(F)cc3)n2-c2ccccc2)o1. The Balaban J connectivity index is 1.55. The average molecular weight is 437 g/mol. The normalized spacial score (nSPS) is 10.9. The smallest absolute Gasteiger partial charge is 0.233 e. The van der Waals surface area contributed by atoms with Gasteiger partial charge in [0.1, 0.15) is 17.3 Å². The topological polar surface area (TPSA) is 64.2 Å². The van der Waals surface area contributed by atoms with E-state index in [0.29, 0.717) is 17.5 Å². The zero-order valence-corrected chi connectivity index (χ0v) is 18.0. The lowest BCUT2D eigenvalue weighted by molar-refractivity contribution is -0.127. The monoisotopic (exact) mass is 436 g/mol. The van der Waals surface area contributed by atoms with Crippen LogP contribution in [0.4, 0.5) is 4.39 Å². The molecule has 4 rings (SSSR count). The summed E-state index contributed by atoms with van der Waals surface area (Å²) < 4.78 is 20.8. The van der Waals surface area contributed by atoms with Gasteiger partial charge in [0.25, 0.3) is 0 Å². The van der Waals surface area contributed by atoms with E-state index < -0.39 is 0 Å². The highest BCUT2D eigenvalue weighted by Crippen LogP contribution is 2.28. The minimum atomic E-state index is -0.315. The number of rotatable bonds is 7. The second-order valence-corrected chi connectivity index (χ2v) is 7.98. The van der Waals surface area contributed by atoms with Crippen molar-refractivity contribution in [2.24, 2.45) is 0 Å². The van der Waals surface area contributed by atoms with Crippen molar-refractivity contribution < 1.29 is 13.6 Å². The number of thioether (sulfide) groups is 1. The number of furan rings is 1. The Bertz CT molecular complexity index is 1170. The summed E-state index contributed by atoms with van der Waals surface area (Å²) in [5.41, 5.74) is 1.60. The van der Waals surface area contributed by atoms with Crippen LogP contribution in [-0.4, -0.2) is 38.4 Å². The maximum absolute atomic E-state index is 13.4. The number of hydrogen-bond donors (Lipinski definition) is 0. The number of benzene rings is 2. The molecule has 0 fully saturated rings. The maximum Gasteiger partial charge on any atom is 0.233 e. The van der Waals surface area contributed by atoms with Crippen molar-refractivity contribution in [1.29, 1.82) is 0 Å². The van der Waals surface area contributed by atoms with Gasteiger partial charge in [-0.05, 0) is 55.5 Å². The quantitative estimate of drug-likeness (QED) is 0.392. The van der Waals surface area contributed by atoms with Gasteiger partial charge in [0.05, 0.1) is 12.3 Å². The lowest BCUT2D eigenvalue weighted by Crippen LogP contribution is -2.27. The molecule has 0 aliphatic heterocycles. The highest BCUT2D eigenvalue weighted by Gasteiger charge is 2.19. The van der Waals surface area contributed by atoms with Crippen LogP contribution in [-0.2, 0) is 11.3 Å². The Labute approximate surface area is 183 Å². The fourth-order valence-corrected chi connectivity index (χ4v) is 3.98. The van der Waals surface area contributed by atoms with E-state index in [1.54, 1.807) is 24.1 Å². The maximum atomic E-state index is 13.4. The zero-order valence-electron chi connectivity index (χ0n) is 17.2. The summed E-state index contributed by atoms with van der Waals surface area (Å²) in [5, 5.41) is 9.20. The molecule has 0 spiro atoms.